The largest absolute Gasteiger partial charge is 0.375 e. The molecule has 4 aliphatic heterocycles. The Morgan fingerprint density at radius 2 is 1.59 bits per heavy atom. The summed E-state index contributed by atoms with van der Waals surface area (Å²) in [6.07, 6.45) is 6.51. The molecule has 0 bridgehead atoms. The van der Waals surface area contributed by atoms with Crippen molar-refractivity contribution >= 4 is 0 Å². The summed E-state index contributed by atoms with van der Waals surface area (Å²) >= 11 is 0. The average Bonchev–Trinajstić information content (AvgIpc) is 3.04. The molecule has 4 saturated heterocycles. The lowest BCUT2D eigenvalue weighted by atomic mass is 9.74. The zero-order chi connectivity index (χ0) is 30.6. The van der Waals surface area contributed by atoms with Crippen LogP contribution in [-0.2, 0) is 46.4 Å². The van der Waals surface area contributed by atoms with Gasteiger partial charge in [-0.15, -0.1) is 13.2 Å². The van der Waals surface area contributed by atoms with Gasteiger partial charge in [-0.2, -0.15) is 0 Å². The summed E-state index contributed by atoms with van der Waals surface area (Å²) in [6, 6.07) is 20.4. The quantitative estimate of drug-likeness (QED) is 0.277. The van der Waals surface area contributed by atoms with Crippen LogP contribution in [0.3, 0.4) is 0 Å². The van der Waals surface area contributed by atoms with Gasteiger partial charge in [0.2, 0.25) is 0 Å². The molecule has 7 nitrogen and oxygen atoms in total. The monoisotopic (exact) mass is 604 g/mol. The maximum absolute atomic E-state index is 6.98. The normalized spacial score (nSPS) is 38.7. The van der Waals surface area contributed by atoms with E-state index in [9.17, 15) is 0 Å². The fourth-order valence-electron chi connectivity index (χ4n) is 7.47. The molecule has 238 valence electrons. The minimum absolute atomic E-state index is 0.0307. The number of hydrogen-bond donors (Lipinski definition) is 0. The molecule has 0 radical (unpaired) electrons. The number of hydrogen-bond acceptors (Lipinski definition) is 7. The first kappa shape index (κ1) is 31.6. The average molecular weight is 605 g/mol. The highest BCUT2D eigenvalue weighted by Crippen LogP contribution is 2.48. The molecule has 0 amide bonds. The molecule has 2 aromatic carbocycles. The molecule has 4 aliphatic rings. The zero-order valence-corrected chi connectivity index (χ0v) is 26.2. The molecule has 6 rings (SSSR count). The first-order valence-electron chi connectivity index (χ1n) is 16.2. The summed E-state index contributed by atoms with van der Waals surface area (Å²) in [5.41, 5.74) is 0.928. The first-order valence-corrected chi connectivity index (χ1v) is 16.2. The van der Waals surface area contributed by atoms with Gasteiger partial charge in [0.05, 0.1) is 61.5 Å². The summed E-state index contributed by atoms with van der Waals surface area (Å²) in [6.45, 7) is 14.6. The van der Waals surface area contributed by atoms with Gasteiger partial charge in [-0.3, -0.25) is 0 Å². The second-order valence-corrected chi connectivity index (χ2v) is 13.1. The fraction of sp³-hybridized carbons (Fsp3) is 0.568. The van der Waals surface area contributed by atoms with Crippen LogP contribution in [0, 0.1) is 0 Å². The summed E-state index contributed by atoms with van der Waals surface area (Å²) in [5, 5.41) is 0. The summed E-state index contributed by atoms with van der Waals surface area (Å²) in [5.74, 6) is 0. The van der Waals surface area contributed by atoms with Crippen molar-refractivity contribution in [1.29, 1.82) is 0 Å². The second kappa shape index (κ2) is 14.0. The highest BCUT2D eigenvalue weighted by molar-refractivity contribution is 5.15. The van der Waals surface area contributed by atoms with Gasteiger partial charge in [-0.05, 0) is 37.8 Å². The molecule has 10 atom stereocenters. The maximum atomic E-state index is 6.98. The molecular weight excluding hydrogens is 556 g/mol. The molecule has 4 heterocycles. The van der Waals surface area contributed by atoms with Gasteiger partial charge in [0, 0.05) is 25.9 Å². The van der Waals surface area contributed by atoms with E-state index in [-0.39, 0.29) is 48.8 Å². The van der Waals surface area contributed by atoms with E-state index in [0.717, 1.165) is 37.0 Å². The van der Waals surface area contributed by atoms with Crippen molar-refractivity contribution in [3.05, 3.63) is 97.1 Å². The Balaban J connectivity index is 1.18. The number of ether oxygens (including phenoxy) is 7. The van der Waals surface area contributed by atoms with E-state index in [1.807, 2.05) is 48.6 Å². The van der Waals surface area contributed by atoms with Crippen molar-refractivity contribution in [3.63, 3.8) is 0 Å². The molecule has 2 aromatic rings. The van der Waals surface area contributed by atoms with E-state index in [4.69, 9.17) is 33.2 Å². The van der Waals surface area contributed by atoms with Crippen LogP contribution in [0.5, 0.6) is 0 Å². The van der Waals surface area contributed by atoms with E-state index < -0.39 is 11.2 Å². The van der Waals surface area contributed by atoms with Gasteiger partial charge in [-0.25, -0.2) is 0 Å². The Bertz CT molecular complexity index is 1220. The van der Waals surface area contributed by atoms with Crippen LogP contribution in [0.25, 0.3) is 0 Å². The summed E-state index contributed by atoms with van der Waals surface area (Å²) in [4.78, 5) is 0. The van der Waals surface area contributed by atoms with Gasteiger partial charge in [0.15, 0.2) is 0 Å². The molecule has 0 saturated carbocycles. The Kier molecular flexibility index (Phi) is 10.0. The van der Waals surface area contributed by atoms with Crippen LogP contribution in [0.15, 0.2) is 86.0 Å². The third kappa shape index (κ3) is 7.05. The van der Waals surface area contributed by atoms with Crippen LogP contribution in [0.2, 0.25) is 0 Å². The Morgan fingerprint density at radius 3 is 2.30 bits per heavy atom. The summed E-state index contributed by atoms with van der Waals surface area (Å²) < 4.78 is 46.0. The number of rotatable bonds is 11. The van der Waals surface area contributed by atoms with E-state index >= 15 is 0 Å². The van der Waals surface area contributed by atoms with Crippen molar-refractivity contribution in [1.82, 2.24) is 0 Å². The van der Waals surface area contributed by atoms with Crippen LogP contribution in [0.4, 0.5) is 0 Å². The second-order valence-electron chi connectivity index (χ2n) is 13.1. The fourth-order valence-corrected chi connectivity index (χ4v) is 7.47. The number of benzene rings is 2. The van der Waals surface area contributed by atoms with Crippen molar-refractivity contribution in [2.24, 2.45) is 0 Å². The van der Waals surface area contributed by atoms with E-state index in [1.165, 1.54) is 0 Å². The first-order chi connectivity index (χ1) is 21.4. The third-order valence-corrected chi connectivity index (χ3v) is 9.69. The maximum Gasteiger partial charge on any atom is 0.108 e. The van der Waals surface area contributed by atoms with E-state index in [2.05, 4.69) is 51.3 Å². The molecule has 0 unspecified atom stereocenters. The van der Waals surface area contributed by atoms with Crippen molar-refractivity contribution in [3.8, 4) is 0 Å². The Labute approximate surface area is 262 Å². The molecule has 0 spiro atoms. The lowest BCUT2D eigenvalue weighted by molar-refractivity contribution is -0.327. The van der Waals surface area contributed by atoms with Crippen LogP contribution in [0.1, 0.15) is 57.1 Å². The molecule has 4 fully saturated rings. The van der Waals surface area contributed by atoms with Gasteiger partial charge in [0.1, 0.15) is 18.3 Å². The zero-order valence-electron chi connectivity index (χ0n) is 26.2. The highest BCUT2D eigenvalue weighted by atomic mass is 16.6. The molecular formula is C37H48O7. The molecule has 44 heavy (non-hydrogen) atoms. The molecule has 0 aliphatic carbocycles. The van der Waals surface area contributed by atoms with Gasteiger partial charge < -0.3 is 33.2 Å². The lowest BCUT2D eigenvalue weighted by Crippen LogP contribution is -2.67. The van der Waals surface area contributed by atoms with E-state index in [0.29, 0.717) is 32.7 Å². The SMILES string of the molecule is C=C[C@@H]1O[C@@H]2C[C@H](OCc3ccccc3)[C@@H](COCc3ccccc3)O[C@@]2(C)C[C@@]1(C)O[C@H]1C[C@H]2OCCC[C@@H]2O[C@@H]1C=C. The van der Waals surface area contributed by atoms with Crippen molar-refractivity contribution in [2.75, 3.05) is 13.2 Å². The van der Waals surface area contributed by atoms with E-state index in [1.54, 1.807) is 0 Å². The van der Waals surface area contributed by atoms with Gasteiger partial charge in [-0.1, -0.05) is 72.8 Å². The topological polar surface area (TPSA) is 64.6 Å². The number of fused-ring (bicyclic) bond motifs is 2. The van der Waals surface area contributed by atoms with Crippen LogP contribution in [-0.4, -0.2) is 73.2 Å². The van der Waals surface area contributed by atoms with Crippen LogP contribution >= 0.6 is 0 Å². The highest BCUT2D eigenvalue weighted by Gasteiger charge is 2.58. The van der Waals surface area contributed by atoms with Gasteiger partial charge >= 0.3 is 0 Å². The predicted octanol–water partition coefficient (Wildman–Crippen LogP) is 6.35. The predicted molar refractivity (Wildman–Crippen MR) is 168 cm³/mol. The van der Waals surface area contributed by atoms with Gasteiger partial charge in [0.25, 0.3) is 0 Å². The van der Waals surface area contributed by atoms with Crippen molar-refractivity contribution in [2.45, 2.75) is 119 Å². The lowest BCUT2D eigenvalue weighted by Gasteiger charge is -2.57. The summed E-state index contributed by atoms with van der Waals surface area (Å²) in [7, 11) is 0. The smallest absolute Gasteiger partial charge is 0.108 e. The third-order valence-electron chi connectivity index (χ3n) is 9.69. The molecule has 0 N–H and O–H groups in total. The van der Waals surface area contributed by atoms with Crippen LogP contribution < -0.4 is 0 Å². The minimum Gasteiger partial charge on any atom is -0.375 e. The Hall–Kier alpha value is -2.36. The Morgan fingerprint density at radius 1 is 0.864 bits per heavy atom. The minimum atomic E-state index is -0.697. The molecule has 7 heteroatoms. The van der Waals surface area contributed by atoms with Crippen molar-refractivity contribution < 1.29 is 33.2 Å². The standard InChI is InChI=1S/C37H48O7/c1-5-28-32(20-30-29(41-28)18-13-19-39-30)43-36(3)25-37(4)35(42-34(36)6-2)21-31(40-23-27-16-11-8-12-17-27)33(44-37)24-38-22-26-14-9-7-10-15-26/h5-12,14-17,28-35H,1-2,13,18-25H2,3-4H3/t28-,29+,30-,31+,32+,33-,34+,35-,36-,37+/m1/s1. The molecule has 0 aromatic heterocycles.